The van der Waals surface area contributed by atoms with Crippen LogP contribution in [0.1, 0.15) is 17.0 Å². The molecule has 190 valence electrons. The van der Waals surface area contributed by atoms with Crippen LogP contribution in [0, 0.1) is 5.95 Å². The summed E-state index contributed by atoms with van der Waals surface area (Å²) < 4.78 is 76.3. The average Bonchev–Trinajstić information content (AvgIpc) is 3.28. The fourth-order valence-corrected chi connectivity index (χ4v) is 5.73. The van der Waals surface area contributed by atoms with Crippen molar-refractivity contribution < 1.29 is 26.0 Å². The predicted molar refractivity (Wildman–Crippen MR) is 133 cm³/mol. The zero-order valence-corrected chi connectivity index (χ0v) is 20.6. The maximum atomic E-state index is 13.5. The van der Waals surface area contributed by atoms with Gasteiger partial charge < -0.3 is 11.1 Å². The van der Waals surface area contributed by atoms with Gasteiger partial charge in [-0.15, -0.1) is 0 Å². The average molecular weight is 539 g/mol. The van der Waals surface area contributed by atoms with Gasteiger partial charge in [0.2, 0.25) is 5.95 Å². The lowest BCUT2D eigenvalue weighted by Crippen LogP contribution is -2.38. The van der Waals surface area contributed by atoms with Crippen LogP contribution in [0.5, 0.6) is 0 Å². The fourth-order valence-electron chi connectivity index (χ4n) is 3.82. The Balaban J connectivity index is 1.49. The highest BCUT2D eigenvalue weighted by molar-refractivity contribution is 7.90. The molecular weight excluding hydrogens is 516 g/mol. The summed E-state index contributed by atoms with van der Waals surface area (Å²) in [5.74, 6) is -1.61. The third-order valence-electron chi connectivity index (χ3n) is 5.63. The summed E-state index contributed by atoms with van der Waals surface area (Å²) in [5, 5.41) is 5.12. The summed E-state index contributed by atoms with van der Waals surface area (Å²) in [4.78, 5) is 8.79. The van der Waals surface area contributed by atoms with Gasteiger partial charge in [-0.05, 0) is 34.7 Å². The molecule has 2 aromatic heterocycles. The smallest absolute Gasteiger partial charge is 0.360 e. The van der Waals surface area contributed by atoms with Crippen molar-refractivity contribution in [2.24, 2.45) is 5.73 Å². The summed E-state index contributed by atoms with van der Waals surface area (Å²) in [5.41, 5.74) is 6.73. The standard InChI is InChI=1S/C24H22F4N4O2S2/c1-36(33,34)13-19(14-4-6-18(7-5-14)24(26,27)28)20(29)11-31-23-32-12-21(35-23)15-2-3-16-10-30-22(25)9-17(16)8-15/h2-10,12,19-20H,11,13,29H2,1H3,(H,31,32)/t19-,20+/m0/s1. The van der Waals surface area contributed by atoms with Crippen LogP contribution in [0.25, 0.3) is 21.2 Å². The summed E-state index contributed by atoms with van der Waals surface area (Å²) in [7, 11) is -3.47. The minimum Gasteiger partial charge on any atom is -0.360 e. The topological polar surface area (TPSA) is 98.0 Å². The second-order valence-corrected chi connectivity index (χ2v) is 11.7. The summed E-state index contributed by atoms with van der Waals surface area (Å²) in [6.07, 6.45) is -0.323. The third kappa shape index (κ3) is 6.37. The Bertz CT molecular complexity index is 1470. The van der Waals surface area contributed by atoms with E-state index in [9.17, 15) is 26.0 Å². The van der Waals surface area contributed by atoms with Crippen LogP contribution in [-0.4, -0.2) is 43.0 Å². The van der Waals surface area contributed by atoms with Gasteiger partial charge in [0.25, 0.3) is 0 Å². The molecule has 0 fully saturated rings. The molecule has 0 radical (unpaired) electrons. The maximum absolute atomic E-state index is 13.5. The SMILES string of the molecule is CS(=O)(=O)C[C@@H](c1ccc(C(F)(F)F)cc1)[C@H](N)CNc1ncc(-c2ccc3cnc(F)cc3c2)s1. The monoisotopic (exact) mass is 538 g/mol. The molecule has 12 heteroatoms. The minimum absolute atomic E-state index is 0.142. The van der Waals surface area contributed by atoms with Gasteiger partial charge in [-0.25, -0.2) is 18.4 Å². The van der Waals surface area contributed by atoms with Gasteiger partial charge in [-0.1, -0.05) is 35.6 Å². The Hall–Kier alpha value is -3.09. The van der Waals surface area contributed by atoms with E-state index in [1.165, 1.54) is 35.7 Å². The molecular formula is C24H22F4N4O2S2. The number of aromatic nitrogens is 2. The van der Waals surface area contributed by atoms with Gasteiger partial charge in [-0.2, -0.15) is 17.6 Å². The normalized spacial score (nSPS) is 14.1. The fraction of sp³-hybridized carbons (Fsp3) is 0.250. The van der Waals surface area contributed by atoms with Crippen LogP contribution < -0.4 is 11.1 Å². The highest BCUT2D eigenvalue weighted by Gasteiger charge is 2.31. The number of alkyl halides is 3. The number of sulfone groups is 1. The number of rotatable bonds is 8. The van der Waals surface area contributed by atoms with Gasteiger partial charge in [0.1, 0.15) is 9.84 Å². The molecule has 4 aromatic rings. The number of hydrogen-bond donors (Lipinski definition) is 2. The van der Waals surface area contributed by atoms with E-state index in [0.717, 1.165) is 34.2 Å². The molecule has 0 aliphatic heterocycles. The lowest BCUT2D eigenvalue weighted by Gasteiger charge is -2.24. The van der Waals surface area contributed by atoms with Gasteiger partial charge in [0.15, 0.2) is 5.13 Å². The Morgan fingerprint density at radius 3 is 2.42 bits per heavy atom. The van der Waals surface area contributed by atoms with Crippen LogP contribution in [0.2, 0.25) is 0 Å². The summed E-state index contributed by atoms with van der Waals surface area (Å²) in [6.45, 7) is 0.142. The maximum Gasteiger partial charge on any atom is 0.416 e. The van der Waals surface area contributed by atoms with E-state index in [1.807, 2.05) is 18.2 Å². The molecule has 4 rings (SSSR count). The van der Waals surface area contributed by atoms with E-state index in [2.05, 4.69) is 15.3 Å². The van der Waals surface area contributed by atoms with Crippen LogP contribution >= 0.6 is 11.3 Å². The zero-order valence-electron chi connectivity index (χ0n) is 19.0. The Labute approximate surface area is 209 Å². The zero-order chi connectivity index (χ0) is 26.1. The largest absolute Gasteiger partial charge is 0.416 e. The number of halogens is 4. The van der Waals surface area contributed by atoms with Crippen LogP contribution in [-0.2, 0) is 16.0 Å². The first kappa shape index (κ1) is 26.0. The first-order chi connectivity index (χ1) is 16.9. The number of nitrogens with one attached hydrogen (secondary N) is 1. The second kappa shape index (κ2) is 10.1. The number of benzene rings is 2. The lowest BCUT2D eigenvalue weighted by atomic mass is 9.93. The van der Waals surface area contributed by atoms with Crippen molar-refractivity contribution in [3.63, 3.8) is 0 Å². The van der Waals surface area contributed by atoms with E-state index in [-0.39, 0.29) is 12.3 Å². The molecule has 0 aliphatic carbocycles. The molecule has 3 N–H and O–H groups in total. The molecule has 0 aliphatic rings. The first-order valence-electron chi connectivity index (χ1n) is 10.7. The van der Waals surface area contributed by atoms with E-state index >= 15 is 0 Å². The molecule has 36 heavy (non-hydrogen) atoms. The van der Waals surface area contributed by atoms with Crippen LogP contribution in [0.15, 0.2) is 60.9 Å². The van der Waals surface area contributed by atoms with E-state index in [0.29, 0.717) is 16.1 Å². The van der Waals surface area contributed by atoms with Crippen LogP contribution in [0.3, 0.4) is 0 Å². The van der Waals surface area contributed by atoms with Crippen molar-refractivity contribution in [3.05, 3.63) is 78.0 Å². The third-order valence-corrected chi connectivity index (χ3v) is 7.60. The second-order valence-electron chi connectivity index (χ2n) is 8.46. The molecule has 0 spiro atoms. The number of anilines is 1. The quantitative estimate of drug-likeness (QED) is 0.240. The van der Waals surface area contributed by atoms with Crippen molar-refractivity contribution in [3.8, 4) is 10.4 Å². The van der Waals surface area contributed by atoms with Gasteiger partial charge in [-0.3, -0.25) is 0 Å². The molecule has 0 saturated carbocycles. The molecule has 0 amide bonds. The molecule has 2 aromatic carbocycles. The molecule has 0 unspecified atom stereocenters. The van der Waals surface area contributed by atoms with Gasteiger partial charge in [0.05, 0.1) is 16.2 Å². The highest BCUT2D eigenvalue weighted by atomic mass is 32.2. The Kier molecular flexibility index (Phi) is 7.30. The number of pyridine rings is 1. The highest BCUT2D eigenvalue weighted by Crippen LogP contribution is 2.33. The molecule has 6 nitrogen and oxygen atoms in total. The van der Waals surface area contributed by atoms with Gasteiger partial charge >= 0.3 is 6.18 Å². The number of nitrogens with two attached hydrogens (primary N) is 1. The van der Waals surface area contributed by atoms with E-state index in [4.69, 9.17) is 5.73 Å². The Morgan fingerprint density at radius 2 is 1.75 bits per heavy atom. The number of hydrogen-bond acceptors (Lipinski definition) is 7. The van der Waals surface area contributed by atoms with Crippen molar-refractivity contribution in [2.45, 2.75) is 18.1 Å². The lowest BCUT2D eigenvalue weighted by molar-refractivity contribution is -0.137. The molecule has 2 heterocycles. The predicted octanol–water partition coefficient (Wildman–Crippen LogP) is 5.08. The number of thiazole rings is 1. The van der Waals surface area contributed by atoms with Crippen molar-refractivity contribution >= 4 is 37.1 Å². The number of fused-ring (bicyclic) bond motifs is 1. The minimum atomic E-state index is -4.49. The van der Waals surface area contributed by atoms with Crippen LogP contribution in [0.4, 0.5) is 22.7 Å². The van der Waals surface area contributed by atoms with Crippen molar-refractivity contribution in [2.75, 3.05) is 23.9 Å². The van der Waals surface area contributed by atoms with E-state index in [1.54, 1.807) is 6.20 Å². The molecule has 0 saturated heterocycles. The van der Waals surface area contributed by atoms with Crippen molar-refractivity contribution in [1.82, 2.24) is 9.97 Å². The number of nitrogens with zero attached hydrogens (tertiary/aromatic N) is 2. The van der Waals surface area contributed by atoms with E-state index < -0.39 is 39.5 Å². The molecule has 2 atom stereocenters. The van der Waals surface area contributed by atoms with Gasteiger partial charge in [0, 0.05) is 48.6 Å². The molecule has 0 bridgehead atoms. The summed E-state index contributed by atoms with van der Waals surface area (Å²) in [6, 6.07) is 10.5. The first-order valence-corrected chi connectivity index (χ1v) is 13.6. The Morgan fingerprint density at radius 1 is 1.03 bits per heavy atom. The van der Waals surface area contributed by atoms with Crippen molar-refractivity contribution in [1.29, 1.82) is 0 Å². The summed E-state index contributed by atoms with van der Waals surface area (Å²) >= 11 is 1.34.